The van der Waals surface area contributed by atoms with Gasteiger partial charge < -0.3 is 15.0 Å². The lowest BCUT2D eigenvalue weighted by atomic mass is 10.2. The molecule has 0 bridgehead atoms. The highest BCUT2D eigenvalue weighted by Gasteiger charge is 2.19. The SMILES string of the molecule is C1COC(Cc2nc(N3CCNCC3)n[nH]2)C1. The molecule has 1 aromatic heterocycles. The molecule has 1 aromatic rings. The average Bonchev–Trinajstić information content (AvgIpc) is 3.02. The van der Waals surface area contributed by atoms with Gasteiger partial charge in [0.2, 0.25) is 5.95 Å². The molecule has 1 unspecified atom stereocenters. The molecule has 0 aromatic carbocycles. The Morgan fingerprint density at radius 1 is 1.35 bits per heavy atom. The third-order valence-electron chi connectivity index (χ3n) is 3.36. The highest BCUT2D eigenvalue weighted by atomic mass is 16.5. The fraction of sp³-hybridized carbons (Fsp3) is 0.818. The molecule has 3 rings (SSSR count). The van der Waals surface area contributed by atoms with Gasteiger partial charge in [-0.25, -0.2) is 0 Å². The lowest BCUT2D eigenvalue weighted by molar-refractivity contribution is 0.110. The van der Waals surface area contributed by atoms with E-state index in [0.717, 1.165) is 57.4 Å². The normalized spacial score (nSPS) is 25.4. The summed E-state index contributed by atoms with van der Waals surface area (Å²) in [4.78, 5) is 6.76. The summed E-state index contributed by atoms with van der Waals surface area (Å²) in [6, 6.07) is 0. The van der Waals surface area contributed by atoms with E-state index in [4.69, 9.17) is 4.74 Å². The lowest BCUT2D eigenvalue weighted by Crippen LogP contribution is -2.44. The largest absolute Gasteiger partial charge is 0.378 e. The van der Waals surface area contributed by atoms with Crippen LogP contribution in [-0.4, -0.2) is 54.1 Å². The minimum absolute atomic E-state index is 0.332. The maximum absolute atomic E-state index is 5.60. The Morgan fingerprint density at radius 2 is 2.24 bits per heavy atom. The van der Waals surface area contributed by atoms with Crippen molar-refractivity contribution in [3.05, 3.63) is 5.82 Å². The number of aromatic amines is 1. The maximum atomic E-state index is 5.60. The van der Waals surface area contributed by atoms with Crippen LogP contribution in [0.1, 0.15) is 18.7 Å². The van der Waals surface area contributed by atoms with Crippen molar-refractivity contribution >= 4 is 5.95 Å². The number of aromatic nitrogens is 3. The molecular weight excluding hydrogens is 218 g/mol. The minimum atomic E-state index is 0.332. The van der Waals surface area contributed by atoms with Crippen molar-refractivity contribution in [3.63, 3.8) is 0 Å². The van der Waals surface area contributed by atoms with Gasteiger partial charge in [-0.3, -0.25) is 5.10 Å². The van der Waals surface area contributed by atoms with E-state index in [2.05, 4.69) is 25.4 Å². The maximum Gasteiger partial charge on any atom is 0.244 e. The van der Waals surface area contributed by atoms with Crippen molar-refractivity contribution in [2.24, 2.45) is 0 Å². The third kappa shape index (κ3) is 2.58. The summed E-state index contributed by atoms with van der Waals surface area (Å²) < 4.78 is 5.60. The highest BCUT2D eigenvalue weighted by Crippen LogP contribution is 2.16. The van der Waals surface area contributed by atoms with Crippen molar-refractivity contribution in [1.29, 1.82) is 0 Å². The first kappa shape index (κ1) is 11.0. The van der Waals surface area contributed by atoms with Crippen LogP contribution in [0.15, 0.2) is 0 Å². The van der Waals surface area contributed by atoms with Crippen LogP contribution in [-0.2, 0) is 11.2 Å². The summed E-state index contributed by atoms with van der Waals surface area (Å²) in [6.45, 7) is 4.88. The van der Waals surface area contributed by atoms with Crippen molar-refractivity contribution in [2.75, 3.05) is 37.7 Å². The summed E-state index contributed by atoms with van der Waals surface area (Å²) in [5.74, 6) is 1.78. The number of nitrogens with one attached hydrogen (secondary N) is 2. The number of hydrogen-bond donors (Lipinski definition) is 2. The van der Waals surface area contributed by atoms with Crippen LogP contribution in [0.4, 0.5) is 5.95 Å². The number of nitrogens with zero attached hydrogens (tertiary/aromatic N) is 3. The van der Waals surface area contributed by atoms with E-state index in [9.17, 15) is 0 Å². The molecule has 2 saturated heterocycles. The van der Waals surface area contributed by atoms with Gasteiger partial charge in [-0.2, -0.15) is 4.98 Å². The Kier molecular flexibility index (Phi) is 3.24. The predicted octanol–water partition coefficient (Wildman–Crippen LogP) is -0.0642. The van der Waals surface area contributed by atoms with Crippen LogP contribution in [0, 0.1) is 0 Å². The first-order valence-electron chi connectivity index (χ1n) is 6.40. The smallest absolute Gasteiger partial charge is 0.244 e. The van der Waals surface area contributed by atoms with E-state index in [1.807, 2.05) is 0 Å². The number of hydrogen-bond acceptors (Lipinski definition) is 5. The summed E-state index contributed by atoms with van der Waals surface area (Å²) in [5, 5.41) is 10.6. The van der Waals surface area contributed by atoms with Crippen LogP contribution in [0.3, 0.4) is 0 Å². The highest BCUT2D eigenvalue weighted by molar-refractivity contribution is 5.29. The van der Waals surface area contributed by atoms with Gasteiger partial charge in [-0.05, 0) is 12.8 Å². The first-order chi connectivity index (χ1) is 8.42. The van der Waals surface area contributed by atoms with Gasteiger partial charge in [0, 0.05) is 39.2 Å². The molecule has 0 amide bonds. The zero-order valence-corrected chi connectivity index (χ0v) is 9.98. The minimum Gasteiger partial charge on any atom is -0.378 e. The van der Waals surface area contributed by atoms with Gasteiger partial charge in [-0.1, -0.05) is 0 Å². The van der Waals surface area contributed by atoms with Gasteiger partial charge >= 0.3 is 0 Å². The molecule has 0 aliphatic carbocycles. The topological polar surface area (TPSA) is 66.1 Å². The quantitative estimate of drug-likeness (QED) is 0.770. The zero-order chi connectivity index (χ0) is 11.5. The molecular formula is C11H19N5O. The van der Waals surface area contributed by atoms with Crippen molar-refractivity contribution in [2.45, 2.75) is 25.4 Å². The van der Waals surface area contributed by atoms with Crippen LogP contribution in [0.2, 0.25) is 0 Å². The molecule has 3 heterocycles. The number of anilines is 1. The van der Waals surface area contributed by atoms with Gasteiger partial charge in [0.05, 0.1) is 6.10 Å². The molecule has 0 radical (unpaired) electrons. The molecule has 6 nitrogen and oxygen atoms in total. The van der Waals surface area contributed by atoms with Crippen LogP contribution in [0.25, 0.3) is 0 Å². The van der Waals surface area contributed by atoms with Crippen molar-refractivity contribution < 1.29 is 4.74 Å². The molecule has 0 saturated carbocycles. The van der Waals surface area contributed by atoms with E-state index >= 15 is 0 Å². The summed E-state index contributed by atoms with van der Waals surface area (Å²) in [5.41, 5.74) is 0. The molecule has 2 N–H and O–H groups in total. The molecule has 2 aliphatic heterocycles. The van der Waals surface area contributed by atoms with E-state index in [0.29, 0.717) is 6.10 Å². The van der Waals surface area contributed by atoms with Crippen molar-refractivity contribution in [1.82, 2.24) is 20.5 Å². The second-order valence-corrected chi connectivity index (χ2v) is 4.66. The van der Waals surface area contributed by atoms with Crippen LogP contribution < -0.4 is 10.2 Å². The van der Waals surface area contributed by atoms with Crippen molar-refractivity contribution in [3.8, 4) is 0 Å². The number of H-pyrrole nitrogens is 1. The predicted molar refractivity (Wildman–Crippen MR) is 64.1 cm³/mol. The Balaban J connectivity index is 1.60. The Morgan fingerprint density at radius 3 is 3.00 bits per heavy atom. The molecule has 2 aliphatic rings. The van der Waals surface area contributed by atoms with Crippen LogP contribution in [0.5, 0.6) is 0 Å². The second-order valence-electron chi connectivity index (χ2n) is 4.66. The standard InChI is InChI=1S/C11H19N5O/c1-2-9(17-7-1)8-10-13-11(15-14-10)16-5-3-12-4-6-16/h9,12H,1-8H2,(H,13,14,15). The molecule has 6 heteroatoms. The van der Waals surface area contributed by atoms with Gasteiger partial charge in [-0.15, -0.1) is 5.10 Å². The summed E-state index contributed by atoms with van der Waals surface area (Å²) >= 11 is 0. The number of piperazine rings is 1. The Labute approximate surface area is 101 Å². The fourth-order valence-corrected chi connectivity index (χ4v) is 2.40. The first-order valence-corrected chi connectivity index (χ1v) is 6.40. The molecule has 2 fully saturated rings. The number of ether oxygens (including phenoxy) is 1. The van der Waals surface area contributed by atoms with E-state index < -0.39 is 0 Å². The van der Waals surface area contributed by atoms with E-state index in [1.54, 1.807) is 0 Å². The molecule has 1 atom stereocenters. The Hall–Kier alpha value is -1.14. The third-order valence-corrected chi connectivity index (χ3v) is 3.36. The van der Waals surface area contributed by atoms with Gasteiger partial charge in [0.25, 0.3) is 0 Å². The Bertz CT molecular complexity index is 354. The van der Waals surface area contributed by atoms with E-state index in [-0.39, 0.29) is 0 Å². The van der Waals surface area contributed by atoms with Gasteiger partial charge in [0.1, 0.15) is 5.82 Å². The molecule has 0 spiro atoms. The molecule has 17 heavy (non-hydrogen) atoms. The van der Waals surface area contributed by atoms with Gasteiger partial charge in [0.15, 0.2) is 0 Å². The average molecular weight is 237 g/mol. The lowest BCUT2D eigenvalue weighted by Gasteiger charge is -2.25. The monoisotopic (exact) mass is 237 g/mol. The zero-order valence-electron chi connectivity index (χ0n) is 9.98. The van der Waals surface area contributed by atoms with Crippen LogP contribution >= 0.6 is 0 Å². The summed E-state index contributed by atoms with van der Waals surface area (Å²) in [7, 11) is 0. The summed E-state index contributed by atoms with van der Waals surface area (Å²) in [6.07, 6.45) is 3.51. The molecule has 94 valence electrons. The second kappa shape index (κ2) is 5.01. The van der Waals surface area contributed by atoms with E-state index in [1.165, 1.54) is 6.42 Å². The fourth-order valence-electron chi connectivity index (χ4n) is 2.40. The number of rotatable bonds is 3.